The number of hydrogen-bond donors (Lipinski definition) is 1. The van der Waals surface area contributed by atoms with E-state index in [1.807, 2.05) is 6.92 Å². The molecule has 2 amide bonds. The number of carbonyl (C=O) groups is 2. The van der Waals surface area contributed by atoms with Crippen LogP contribution >= 0.6 is 11.6 Å². The van der Waals surface area contributed by atoms with E-state index in [1.165, 1.54) is 17.0 Å². The average Bonchev–Trinajstić information content (AvgIpc) is 2.89. The molecule has 0 spiro atoms. The Hall–Kier alpha value is -3.36. The summed E-state index contributed by atoms with van der Waals surface area (Å²) >= 11 is 6.37. The van der Waals surface area contributed by atoms with E-state index < -0.39 is 28.5 Å². The summed E-state index contributed by atoms with van der Waals surface area (Å²) in [5.41, 5.74) is 1.01. The highest BCUT2D eigenvalue weighted by molar-refractivity contribution is 7.92. The lowest BCUT2D eigenvalue weighted by molar-refractivity contribution is -0.140. The molecule has 1 N–H and O–H groups in total. The molecular weight excluding hydrogens is 498 g/mol. The first kappa shape index (κ1) is 27.2. The summed E-state index contributed by atoms with van der Waals surface area (Å²) in [7, 11) is -4.07. The van der Waals surface area contributed by atoms with Gasteiger partial charge in [-0.15, -0.1) is 0 Å². The third-order valence-electron chi connectivity index (χ3n) is 5.69. The SMILES string of the molecule is CCNC(=O)C(CC)N(Cc1ccccc1Cl)C(=O)CN(c1ccccc1)S(=O)(=O)c1ccccc1. The van der Waals surface area contributed by atoms with E-state index in [9.17, 15) is 18.0 Å². The molecule has 0 heterocycles. The quantitative estimate of drug-likeness (QED) is 0.398. The molecule has 0 aliphatic rings. The molecular formula is C27H30ClN3O4S. The fourth-order valence-corrected chi connectivity index (χ4v) is 5.50. The lowest BCUT2D eigenvalue weighted by atomic mass is 10.1. The zero-order valence-corrected chi connectivity index (χ0v) is 21.9. The summed E-state index contributed by atoms with van der Waals surface area (Å²) in [6, 6.07) is 22.7. The first-order valence-electron chi connectivity index (χ1n) is 11.7. The summed E-state index contributed by atoms with van der Waals surface area (Å²) in [5, 5.41) is 3.23. The van der Waals surface area contributed by atoms with Crippen molar-refractivity contribution in [1.29, 1.82) is 0 Å². The van der Waals surface area contributed by atoms with Crippen LogP contribution in [0.3, 0.4) is 0 Å². The minimum atomic E-state index is -4.07. The molecule has 3 aromatic carbocycles. The first-order chi connectivity index (χ1) is 17.3. The number of amides is 2. The molecule has 0 saturated carbocycles. The molecule has 3 aromatic rings. The van der Waals surface area contributed by atoms with E-state index in [0.29, 0.717) is 29.2 Å². The Labute approximate surface area is 217 Å². The standard InChI is InChI=1S/C27H30ClN3O4S/c1-3-25(27(33)29-4-2)30(19-21-13-11-12-18-24(21)28)26(32)20-31(22-14-7-5-8-15-22)36(34,35)23-16-9-6-10-17-23/h5-18,25H,3-4,19-20H2,1-2H3,(H,29,33). The van der Waals surface area contributed by atoms with Crippen LogP contribution in [0.4, 0.5) is 5.69 Å². The summed E-state index contributed by atoms with van der Waals surface area (Å²) in [6.07, 6.45) is 0.346. The highest BCUT2D eigenvalue weighted by Crippen LogP contribution is 2.25. The van der Waals surface area contributed by atoms with Gasteiger partial charge in [-0.05, 0) is 49.2 Å². The van der Waals surface area contributed by atoms with Crippen LogP contribution in [0.25, 0.3) is 0 Å². The van der Waals surface area contributed by atoms with Crippen LogP contribution < -0.4 is 9.62 Å². The summed E-state index contributed by atoms with van der Waals surface area (Å²) < 4.78 is 28.3. The Kier molecular flexibility index (Phi) is 9.50. The van der Waals surface area contributed by atoms with Crippen LogP contribution in [0.2, 0.25) is 5.02 Å². The Morgan fingerprint density at radius 1 is 0.889 bits per heavy atom. The van der Waals surface area contributed by atoms with Gasteiger partial charge in [0.2, 0.25) is 11.8 Å². The predicted molar refractivity (Wildman–Crippen MR) is 142 cm³/mol. The van der Waals surface area contributed by atoms with Crippen LogP contribution in [0.15, 0.2) is 89.8 Å². The van der Waals surface area contributed by atoms with Crippen molar-refractivity contribution >= 4 is 39.1 Å². The number of sulfonamides is 1. The fourth-order valence-electron chi connectivity index (χ4n) is 3.86. The largest absolute Gasteiger partial charge is 0.355 e. The molecule has 0 saturated heterocycles. The molecule has 9 heteroatoms. The molecule has 0 radical (unpaired) electrons. The molecule has 0 aliphatic heterocycles. The first-order valence-corrected chi connectivity index (χ1v) is 13.5. The van der Waals surface area contributed by atoms with Gasteiger partial charge in [0.1, 0.15) is 12.6 Å². The van der Waals surface area contributed by atoms with Crippen LogP contribution in [0.1, 0.15) is 25.8 Å². The number of halogens is 1. The van der Waals surface area contributed by atoms with Crippen molar-refractivity contribution in [2.24, 2.45) is 0 Å². The molecule has 0 fully saturated rings. The highest BCUT2D eigenvalue weighted by Gasteiger charge is 2.33. The minimum Gasteiger partial charge on any atom is -0.355 e. The Morgan fingerprint density at radius 2 is 1.47 bits per heavy atom. The van der Waals surface area contributed by atoms with Crippen molar-refractivity contribution in [1.82, 2.24) is 10.2 Å². The molecule has 36 heavy (non-hydrogen) atoms. The van der Waals surface area contributed by atoms with Gasteiger partial charge in [0.15, 0.2) is 0 Å². The second kappa shape index (κ2) is 12.6. The van der Waals surface area contributed by atoms with Crippen molar-refractivity contribution in [2.45, 2.75) is 37.8 Å². The maximum atomic E-state index is 13.8. The number of hydrogen-bond acceptors (Lipinski definition) is 4. The second-order valence-electron chi connectivity index (χ2n) is 8.09. The smallest absolute Gasteiger partial charge is 0.264 e. The van der Waals surface area contributed by atoms with Gasteiger partial charge < -0.3 is 10.2 Å². The highest BCUT2D eigenvalue weighted by atomic mass is 35.5. The molecule has 3 rings (SSSR count). The zero-order chi connectivity index (χ0) is 26.1. The van der Waals surface area contributed by atoms with Gasteiger partial charge in [0.05, 0.1) is 10.6 Å². The van der Waals surface area contributed by atoms with E-state index in [2.05, 4.69) is 5.32 Å². The molecule has 1 atom stereocenters. The Balaban J connectivity index is 2.03. The van der Waals surface area contributed by atoms with Gasteiger partial charge in [-0.2, -0.15) is 0 Å². The number of nitrogens with one attached hydrogen (secondary N) is 1. The molecule has 0 bridgehead atoms. The van der Waals surface area contributed by atoms with Crippen molar-refractivity contribution < 1.29 is 18.0 Å². The van der Waals surface area contributed by atoms with Crippen LogP contribution in [-0.2, 0) is 26.2 Å². The van der Waals surface area contributed by atoms with Crippen LogP contribution in [-0.4, -0.2) is 44.3 Å². The topological polar surface area (TPSA) is 86.8 Å². The molecule has 0 aliphatic carbocycles. The number of para-hydroxylation sites is 1. The van der Waals surface area contributed by atoms with Gasteiger partial charge in [-0.1, -0.05) is 73.1 Å². The summed E-state index contributed by atoms with van der Waals surface area (Å²) in [4.78, 5) is 28.2. The molecule has 7 nitrogen and oxygen atoms in total. The van der Waals surface area contributed by atoms with E-state index in [0.717, 1.165) is 4.31 Å². The lowest BCUT2D eigenvalue weighted by Crippen LogP contribution is -2.52. The van der Waals surface area contributed by atoms with Crippen molar-refractivity contribution in [3.63, 3.8) is 0 Å². The van der Waals surface area contributed by atoms with Crippen LogP contribution in [0.5, 0.6) is 0 Å². The van der Waals surface area contributed by atoms with Gasteiger partial charge in [-0.25, -0.2) is 8.42 Å². The Morgan fingerprint density at radius 3 is 2.06 bits per heavy atom. The van der Waals surface area contributed by atoms with Gasteiger partial charge >= 0.3 is 0 Å². The predicted octanol–water partition coefficient (Wildman–Crippen LogP) is 4.48. The van der Waals surface area contributed by atoms with Crippen molar-refractivity contribution in [2.75, 3.05) is 17.4 Å². The van der Waals surface area contributed by atoms with E-state index >= 15 is 0 Å². The molecule has 0 aromatic heterocycles. The maximum absolute atomic E-state index is 13.8. The van der Waals surface area contributed by atoms with E-state index in [4.69, 9.17) is 11.6 Å². The van der Waals surface area contributed by atoms with Gasteiger partial charge in [0.25, 0.3) is 10.0 Å². The van der Waals surface area contributed by atoms with Gasteiger partial charge in [-0.3, -0.25) is 13.9 Å². The van der Waals surface area contributed by atoms with Gasteiger partial charge in [0, 0.05) is 18.1 Å². The molecule has 1 unspecified atom stereocenters. The van der Waals surface area contributed by atoms with Crippen molar-refractivity contribution in [3.8, 4) is 0 Å². The summed E-state index contributed by atoms with van der Waals surface area (Å²) in [5.74, 6) is -0.825. The number of nitrogens with zero attached hydrogens (tertiary/aromatic N) is 2. The lowest BCUT2D eigenvalue weighted by Gasteiger charge is -2.33. The average molecular weight is 528 g/mol. The third kappa shape index (κ3) is 6.44. The Bertz CT molecular complexity index is 1270. The van der Waals surface area contributed by atoms with E-state index in [-0.39, 0.29) is 17.3 Å². The minimum absolute atomic E-state index is 0.0577. The second-order valence-corrected chi connectivity index (χ2v) is 10.4. The fraction of sp³-hybridized carbons (Fsp3) is 0.259. The summed E-state index contributed by atoms with van der Waals surface area (Å²) in [6.45, 7) is 3.59. The normalized spacial score (nSPS) is 12.0. The number of carbonyl (C=O) groups excluding carboxylic acids is 2. The number of benzene rings is 3. The number of likely N-dealkylation sites (N-methyl/N-ethyl adjacent to an activating group) is 1. The number of anilines is 1. The van der Waals surface area contributed by atoms with Crippen LogP contribution in [0, 0.1) is 0 Å². The maximum Gasteiger partial charge on any atom is 0.264 e. The monoisotopic (exact) mass is 527 g/mol. The number of rotatable bonds is 11. The van der Waals surface area contributed by atoms with Crippen molar-refractivity contribution in [3.05, 3.63) is 95.5 Å². The molecule has 190 valence electrons. The third-order valence-corrected chi connectivity index (χ3v) is 7.85. The van der Waals surface area contributed by atoms with E-state index in [1.54, 1.807) is 79.7 Å². The zero-order valence-electron chi connectivity index (χ0n) is 20.3.